The maximum atomic E-state index is 12.9. The Hall–Kier alpha value is -0.510. The van der Waals surface area contributed by atoms with Gasteiger partial charge in [-0.3, -0.25) is 0 Å². The molecule has 1 rings (SSSR count). The highest BCUT2D eigenvalue weighted by atomic mass is 35.5. The minimum atomic E-state index is -0.678. The van der Waals surface area contributed by atoms with E-state index in [-0.39, 0.29) is 20.8 Å². The van der Waals surface area contributed by atoms with Gasteiger partial charge >= 0.3 is 0 Å². The molecule has 0 atom stereocenters. The molecule has 1 aromatic carbocycles. The molecule has 0 fully saturated rings. The lowest BCUT2D eigenvalue weighted by molar-refractivity contribution is 0.321. The molecule has 0 heterocycles. The van der Waals surface area contributed by atoms with Crippen LogP contribution >= 0.6 is 34.8 Å². The number of oxime groups is 1. The van der Waals surface area contributed by atoms with Gasteiger partial charge in [0.15, 0.2) is 5.17 Å². The molecule has 1 aromatic rings. The molecule has 1 N–H and O–H groups in total. The molecule has 0 bridgehead atoms. The van der Waals surface area contributed by atoms with Crippen molar-refractivity contribution >= 4 is 40.0 Å². The van der Waals surface area contributed by atoms with Gasteiger partial charge in [-0.2, -0.15) is 0 Å². The van der Waals surface area contributed by atoms with Crippen LogP contribution in [0, 0.1) is 5.82 Å². The normalized spacial score (nSPS) is 11.8. The predicted molar refractivity (Wildman–Crippen MR) is 50.6 cm³/mol. The Morgan fingerprint density at radius 3 is 2.54 bits per heavy atom. The molecule has 2 nitrogen and oxygen atoms in total. The zero-order valence-electron chi connectivity index (χ0n) is 6.06. The Balaban J connectivity index is 3.42. The zero-order valence-corrected chi connectivity index (χ0v) is 8.33. The smallest absolute Gasteiger partial charge is 0.178 e. The Kier molecular flexibility index (Phi) is 3.36. The fourth-order valence-corrected chi connectivity index (χ4v) is 1.61. The largest absolute Gasteiger partial charge is 0.410 e. The topological polar surface area (TPSA) is 32.6 Å². The highest BCUT2D eigenvalue weighted by molar-refractivity contribution is 6.71. The number of hydrogen-bond acceptors (Lipinski definition) is 2. The van der Waals surface area contributed by atoms with Crippen LogP contribution in [0.1, 0.15) is 5.56 Å². The maximum Gasteiger partial charge on any atom is 0.178 e. The molecule has 0 aliphatic rings. The molecule has 0 aromatic heterocycles. The van der Waals surface area contributed by atoms with E-state index < -0.39 is 5.82 Å². The van der Waals surface area contributed by atoms with Crippen molar-refractivity contribution in [2.45, 2.75) is 0 Å². The Morgan fingerprint density at radius 1 is 1.38 bits per heavy atom. The van der Waals surface area contributed by atoms with Gasteiger partial charge in [0.25, 0.3) is 0 Å². The van der Waals surface area contributed by atoms with Gasteiger partial charge in [-0.15, -0.1) is 0 Å². The van der Waals surface area contributed by atoms with E-state index in [1.165, 1.54) is 6.07 Å². The summed E-state index contributed by atoms with van der Waals surface area (Å²) in [6.45, 7) is 0. The van der Waals surface area contributed by atoms with Crippen LogP contribution in [0.15, 0.2) is 17.3 Å². The van der Waals surface area contributed by atoms with Crippen LogP contribution in [-0.4, -0.2) is 10.4 Å². The first kappa shape index (κ1) is 10.6. The number of halogens is 4. The van der Waals surface area contributed by atoms with Gasteiger partial charge in [-0.25, -0.2) is 4.39 Å². The summed E-state index contributed by atoms with van der Waals surface area (Å²) < 4.78 is 12.9. The van der Waals surface area contributed by atoms with Crippen molar-refractivity contribution < 1.29 is 9.60 Å². The molecule has 0 spiro atoms. The maximum absolute atomic E-state index is 12.9. The monoisotopic (exact) mass is 241 g/mol. The lowest BCUT2D eigenvalue weighted by Crippen LogP contribution is -1.96. The summed E-state index contributed by atoms with van der Waals surface area (Å²) in [7, 11) is 0. The molecule has 0 saturated heterocycles. The van der Waals surface area contributed by atoms with Gasteiger partial charge in [0, 0.05) is 0 Å². The van der Waals surface area contributed by atoms with E-state index in [2.05, 4.69) is 5.16 Å². The van der Waals surface area contributed by atoms with Crippen molar-refractivity contribution in [3.05, 3.63) is 33.6 Å². The van der Waals surface area contributed by atoms with Crippen molar-refractivity contribution in [3.8, 4) is 0 Å². The number of rotatable bonds is 1. The summed E-state index contributed by atoms with van der Waals surface area (Å²) >= 11 is 16.6. The number of hydrogen-bond donors (Lipinski definition) is 1. The molecule has 0 aliphatic heterocycles. The molecular weight excluding hydrogens is 239 g/mol. The van der Waals surface area contributed by atoms with Gasteiger partial charge < -0.3 is 5.21 Å². The van der Waals surface area contributed by atoms with Crippen LogP contribution in [0.25, 0.3) is 0 Å². The third-order valence-corrected chi connectivity index (χ3v) is 2.29. The van der Waals surface area contributed by atoms with E-state index >= 15 is 0 Å². The molecule has 0 aliphatic carbocycles. The van der Waals surface area contributed by atoms with E-state index in [1.54, 1.807) is 0 Å². The van der Waals surface area contributed by atoms with Crippen molar-refractivity contribution in [1.82, 2.24) is 0 Å². The van der Waals surface area contributed by atoms with Gasteiger partial charge in [0.2, 0.25) is 0 Å². The number of nitrogens with zero attached hydrogens (tertiary/aromatic N) is 1. The summed E-state index contributed by atoms with van der Waals surface area (Å²) in [5.74, 6) is -0.678. The molecule has 0 unspecified atom stereocenters. The Bertz CT molecular complexity index is 367. The first-order chi connectivity index (χ1) is 6.07. The predicted octanol–water partition coefficient (Wildman–Crippen LogP) is 3.51. The van der Waals surface area contributed by atoms with Crippen LogP contribution in [0.5, 0.6) is 0 Å². The van der Waals surface area contributed by atoms with Crippen LogP contribution in [-0.2, 0) is 0 Å². The summed E-state index contributed by atoms with van der Waals surface area (Å²) in [5, 5.41) is 10.5. The van der Waals surface area contributed by atoms with E-state index in [0.29, 0.717) is 0 Å². The molecular formula is C7H3Cl3FNO. The second-order valence-electron chi connectivity index (χ2n) is 2.11. The summed E-state index contributed by atoms with van der Waals surface area (Å²) in [6.07, 6.45) is 0. The van der Waals surface area contributed by atoms with E-state index in [9.17, 15) is 4.39 Å². The quantitative estimate of drug-likeness (QED) is 0.348. The minimum Gasteiger partial charge on any atom is -0.410 e. The van der Waals surface area contributed by atoms with Crippen molar-refractivity contribution in [2.75, 3.05) is 0 Å². The van der Waals surface area contributed by atoms with Gasteiger partial charge in [-0.05, 0) is 12.1 Å². The summed E-state index contributed by atoms with van der Waals surface area (Å²) in [5.41, 5.74) is -0.0208. The molecule has 6 heteroatoms. The minimum absolute atomic E-state index is 0.0208. The van der Waals surface area contributed by atoms with Crippen LogP contribution in [0.3, 0.4) is 0 Å². The van der Waals surface area contributed by atoms with Crippen molar-refractivity contribution in [3.63, 3.8) is 0 Å². The zero-order chi connectivity index (χ0) is 10.0. The molecule has 13 heavy (non-hydrogen) atoms. The average molecular weight is 242 g/mol. The standard InChI is InChI=1S/C7H3Cl3FNO/c8-3-1-2-4(11)6(9)5(3)7(10)12-13/h1-2,13H/b12-7-. The lowest BCUT2D eigenvalue weighted by atomic mass is 10.2. The molecule has 0 radical (unpaired) electrons. The first-order valence-electron chi connectivity index (χ1n) is 3.09. The fourth-order valence-electron chi connectivity index (χ4n) is 0.766. The van der Waals surface area contributed by atoms with Crippen LogP contribution in [0.4, 0.5) is 4.39 Å². The second-order valence-corrected chi connectivity index (χ2v) is 3.25. The van der Waals surface area contributed by atoms with Crippen LogP contribution < -0.4 is 0 Å². The summed E-state index contributed by atoms with van der Waals surface area (Å²) in [4.78, 5) is 0. The third-order valence-electron chi connectivity index (χ3n) is 1.34. The lowest BCUT2D eigenvalue weighted by Gasteiger charge is -2.03. The molecule has 0 amide bonds. The van der Waals surface area contributed by atoms with Gasteiger partial charge in [0.1, 0.15) is 5.82 Å². The Labute approximate surface area is 88.5 Å². The first-order valence-corrected chi connectivity index (χ1v) is 4.22. The van der Waals surface area contributed by atoms with Gasteiger partial charge in [-0.1, -0.05) is 40.0 Å². The highest BCUT2D eigenvalue weighted by Gasteiger charge is 2.14. The number of benzene rings is 1. The second kappa shape index (κ2) is 4.13. The third kappa shape index (κ3) is 2.05. The van der Waals surface area contributed by atoms with Gasteiger partial charge in [0.05, 0.1) is 15.6 Å². The van der Waals surface area contributed by atoms with Crippen molar-refractivity contribution in [1.29, 1.82) is 0 Å². The molecule has 0 saturated carbocycles. The SMILES string of the molecule is O/N=C(\Cl)c1c(Cl)ccc(F)c1Cl. The van der Waals surface area contributed by atoms with E-state index in [4.69, 9.17) is 40.0 Å². The average Bonchev–Trinajstić information content (AvgIpc) is 2.12. The fraction of sp³-hybridized carbons (Fsp3) is 0. The highest BCUT2D eigenvalue weighted by Crippen LogP contribution is 2.28. The summed E-state index contributed by atoms with van der Waals surface area (Å²) in [6, 6.07) is 2.36. The van der Waals surface area contributed by atoms with E-state index in [0.717, 1.165) is 6.07 Å². The molecule has 70 valence electrons. The van der Waals surface area contributed by atoms with Crippen molar-refractivity contribution in [2.24, 2.45) is 5.16 Å². The van der Waals surface area contributed by atoms with E-state index in [1.807, 2.05) is 0 Å². The Morgan fingerprint density at radius 2 is 2.00 bits per heavy atom. The van der Waals surface area contributed by atoms with Crippen LogP contribution in [0.2, 0.25) is 10.0 Å².